The van der Waals surface area contributed by atoms with E-state index >= 15 is 0 Å². The van der Waals surface area contributed by atoms with Gasteiger partial charge in [-0.1, -0.05) is 36.8 Å². The summed E-state index contributed by atoms with van der Waals surface area (Å²) in [7, 11) is 0. The number of amides is 1. The lowest BCUT2D eigenvalue weighted by molar-refractivity contribution is 0.0942. The fourth-order valence-corrected chi connectivity index (χ4v) is 2.68. The molecular formula is C21H27NO2S. The van der Waals surface area contributed by atoms with Gasteiger partial charge in [0.15, 0.2) is 0 Å². The molecule has 1 N–H and O–H groups in total. The molecule has 0 bridgehead atoms. The fourth-order valence-electron chi connectivity index (χ4n) is 1.91. The number of aryl methyl sites for hydroxylation is 1. The highest BCUT2D eigenvalue weighted by Crippen LogP contribution is 2.18. The van der Waals surface area contributed by atoms with Crippen molar-refractivity contribution in [3.8, 4) is 0 Å². The van der Waals surface area contributed by atoms with E-state index in [1.165, 1.54) is 22.6 Å². The normalized spacial score (nSPS) is 9.96. The maximum Gasteiger partial charge on any atom is 0.251 e. The molecule has 0 atom stereocenters. The van der Waals surface area contributed by atoms with Crippen LogP contribution in [0, 0.1) is 6.92 Å². The summed E-state index contributed by atoms with van der Waals surface area (Å²) in [5.41, 5.74) is 2.49. The monoisotopic (exact) mass is 357 g/mol. The molecule has 0 saturated heterocycles. The van der Waals surface area contributed by atoms with Crippen molar-refractivity contribution in [3.05, 3.63) is 65.2 Å². The highest BCUT2D eigenvalue weighted by molar-refractivity contribution is 7.99. The third kappa shape index (κ3) is 8.54. The smallest absolute Gasteiger partial charge is 0.251 e. The summed E-state index contributed by atoms with van der Waals surface area (Å²) in [5, 5.41) is 2.77. The number of carbonyl (C=O) groups excluding carboxylic acids is 2. The summed E-state index contributed by atoms with van der Waals surface area (Å²) in [4.78, 5) is 23.2. The molecule has 0 fully saturated rings. The Balaban J connectivity index is 0.000000257. The molecule has 0 radical (unpaired) electrons. The van der Waals surface area contributed by atoms with Gasteiger partial charge in [-0.25, -0.2) is 0 Å². The molecule has 3 nitrogen and oxygen atoms in total. The van der Waals surface area contributed by atoms with Gasteiger partial charge in [-0.3, -0.25) is 9.59 Å². The van der Waals surface area contributed by atoms with Crippen molar-refractivity contribution in [2.24, 2.45) is 0 Å². The van der Waals surface area contributed by atoms with Crippen LogP contribution in [0.5, 0.6) is 0 Å². The predicted molar refractivity (Wildman–Crippen MR) is 107 cm³/mol. The molecule has 0 heterocycles. The Labute approximate surface area is 155 Å². The van der Waals surface area contributed by atoms with Crippen LogP contribution in [0.15, 0.2) is 53.4 Å². The van der Waals surface area contributed by atoms with Gasteiger partial charge >= 0.3 is 0 Å². The van der Waals surface area contributed by atoms with Gasteiger partial charge in [0.25, 0.3) is 5.91 Å². The summed E-state index contributed by atoms with van der Waals surface area (Å²) in [6.45, 7) is 8.13. The van der Waals surface area contributed by atoms with Crippen LogP contribution >= 0.6 is 11.8 Å². The number of hydrogen-bond acceptors (Lipinski definition) is 3. The lowest BCUT2D eigenvalue weighted by Crippen LogP contribution is -2.29. The second kappa shape index (κ2) is 11.5. The van der Waals surface area contributed by atoms with E-state index in [1.54, 1.807) is 24.3 Å². The average molecular weight is 358 g/mol. The molecule has 1 amide bonds. The van der Waals surface area contributed by atoms with E-state index in [2.05, 4.69) is 43.4 Å². The second-order valence-electron chi connectivity index (χ2n) is 6.03. The van der Waals surface area contributed by atoms with Crippen molar-refractivity contribution in [2.75, 3.05) is 5.75 Å². The Morgan fingerprint density at radius 2 is 1.68 bits per heavy atom. The summed E-state index contributed by atoms with van der Waals surface area (Å²) in [5.74, 6) is 1.11. The number of benzene rings is 2. The van der Waals surface area contributed by atoms with Gasteiger partial charge in [0.05, 0.1) is 0 Å². The predicted octanol–water partition coefficient (Wildman–Crippen LogP) is 5.13. The van der Waals surface area contributed by atoms with Crippen LogP contribution in [-0.2, 0) is 0 Å². The van der Waals surface area contributed by atoms with Crippen molar-refractivity contribution in [1.82, 2.24) is 5.32 Å². The Morgan fingerprint density at radius 1 is 1.08 bits per heavy atom. The zero-order valence-corrected chi connectivity index (χ0v) is 16.2. The summed E-state index contributed by atoms with van der Waals surface area (Å²) >= 11 is 1.93. The first kappa shape index (κ1) is 21.0. The van der Waals surface area contributed by atoms with Gasteiger partial charge in [-0.05, 0) is 57.2 Å². The first-order valence-electron chi connectivity index (χ1n) is 8.51. The quantitative estimate of drug-likeness (QED) is 0.575. The van der Waals surface area contributed by atoms with E-state index < -0.39 is 0 Å². The summed E-state index contributed by atoms with van der Waals surface area (Å²) < 4.78 is 0. The molecule has 0 aromatic heterocycles. The first-order chi connectivity index (χ1) is 12.0. The van der Waals surface area contributed by atoms with Crippen molar-refractivity contribution in [2.45, 2.75) is 45.1 Å². The number of carbonyl (C=O) groups is 2. The maximum atomic E-state index is 11.5. The summed E-state index contributed by atoms with van der Waals surface area (Å²) in [6, 6.07) is 15.4. The third-order valence-corrected chi connectivity index (χ3v) is 4.44. The standard InChI is InChI=1S/C11H13NO2.C10H14S/c1-8(2)12-11(14)10-5-3-9(7-13)4-6-10;1-3-8-11-10-6-4-9(2)5-7-10/h3-8H,1-2H3,(H,12,14);4-7H,3,8H2,1-2H3. The SMILES string of the molecule is CC(C)NC(=O)c1ccc(C=O)cc1.CCCSc1ccc(C)cc1. The number of nitrogens with one attached hydrogen (secondary N) is 1. The highest BCUT2D eigenvalue weighted by atomic mass is 32.2. The molecule has 0 saturated carbocycles. The Hall–Kier alpha value is -2.07. The van der Waals surface area contributed by atoms with Crippen LogP contribution in [0.1, 0.15) is 53.5 Å². The number of hydrogen-bond donors (Lipinski definition) is 1. The maximum absolute atomic E-state index is 11.5. The Bertz CT molecular complexity index is 649. The van der Waals surface area contributed by atoms with E-state index in [9.17, 15) is 9.59 Å². The Kier molecular flexibility index (Phi) is 9.63. The van der Waals surface area contributed by atoms with Crippen LogP contribution in [-0.4, -0.2) is 24.0 Å². The lowest BCUT2D eigenvalue weighted by atomic mass is 10.1. The van der Waals surface area contributed by atoms with Gasteiger partial charge in [-0.2, -0.15) is 0 Å². The molecular weight excluding hydrogens is 330 g/mol. The van der Waals surface area contributed by atoms with E-state index in [1.807, 2.05) is 25.6 Å². The number of thioether (sulfide) groups is 1. The van der Waals surface area contributed by atoms with Crippen molar-refractivity contribution < 1.29 is 9.59 Å². The lowest BCUT2D eigenvalue weighted by Gasteiger charge is -2.07. The molecule has 4 heteroatoms. The molecule has 134 valence electrons. The molecule has 0 aliphatic rings. The van der Waals surface area contributed by atoms with Crippen LogP contribution in [0.3, 0.4) is 0 Å². The molecule has 0 unspecified atom stereocenters. The van der Waals surface area contributed by atoms with Crippen LogP contribution in [0.2, 0.25) is 0 Å². The fraction of sp³-hybridized carbons (Fsp3) is 0.333. The molecule has 0 aliphatic carbocycles. The summed E-state index contributed by atoms with van der Waals surface area (Å²) in [6.07, 6.45) is 2.00. The van der Waals surface area contributed by atoms with Crippen LogP contribution in [0.25, 0.3) is 0 Å². The molecule has 0 aliphatic heterocycles. The molecule has 0 spiro atoms. The van der Waals surface area contributed by atoms with E-state index in [0.717, 1.165) is 6.29 Å². The van der Waals surface area contributed by atoms with Crippen LogP contribution in [0.4, 0.5) is 0 Å². The van der Waals surface area contributed by atoms with E-state index in [0.29, 0.717) is 11.1 Å². The van der Waals surface area contributed by atoms with Crippen molar-refractivity contribution in [3.63, 3.8) is 0 Å². The minimum Gasteiger partial charge on any atom is -0.350 e. The van der Waals surface area contributed by atoms with Gasteiger partial charge < -0.3 is 5.32 Å². The number of aldehydes is 1. The van der Waals surface area contributed by atoms with Crippen LogP contribution < -0.4 is 5.32 Å². The van der Waals surface area contributed by atoms with Crippen molar-refractivity contribution in [1.29, 1.82) is 0 Å². The van der Waals surface area contributed by atoms with Gasteiger partial charge in [0, 0.05) is 22.1 Å². The third-order valence-electron chi connectivity index (χ3n) is 3.22. The molecule has 2 aromatic rings. The topological polar surface area (TPSA) is 46.2 Å². The highest BCUT2D eigenvalue weighted by Gasteiger charge is 2.05. The zero-order valence-electron chi connectivity index (χ0n) is 15.4. The molecule has 25 heavy (non-hydrogen) atoms. The first-order valence-corrected chi connectivity index (χ1v) is 9.50. The van der Waals surface area contributed by atoms with Gasteiger partial charge in [0.1, 0.15) is 6.29 Å². The van der Waals surface area contributed by atoms with Gasteiger partial charge in [0.2, 0.25) is 0 Å². The average Bonchev–Trinajstić information content (AvgIpc) is 2.61. The number of rotatable bonds is 6. The largest absolute Gasteiger partial charge is 0.350 e. The Morgan fingerprint density at radius 3 is 2.16 bits per heavy atom. The minimum atomic E-state index is -0.113. The second-order valence-corrected chi connectivity index (χ2v) is 7.20. The molecule has 2 rings (SSSR count). The van der Waals surface area contributed by atoms with E-state index in [4.69, 9.17) is 0 Å². The molecule has 2 aromatic carbocycles. The minimum absolute atomic E-state index is 0.113. The zero-order chi connectivity index (χ0) is 18.7. The van der Waals surface area contributed by atoms with Gasteiger partial charge in [-0.15, -0.1) is 11.8 Å². The van der Waals surface area contributed by atoms with E-state index in [-0.39, 0.29) is 11.9 Å². The van der Waals surface area contributed by atoms with Crippen molar-refractivity contribution >= 4 is 24.0 Å².